The van der Waals surface area contributed by atoms with Crippen molar-refractivity contribution < 1.29 is 9.90 Å². The molecule has 0 unspecified atom stereocenters. The first-order valence-electron chi connectivity index (χ1n) is 7.92. The molecular formula is C19H19ClN2O2S. The number of rotatable bonds is 5. The highest BCUT2D eigenvalue weighted by Gasteiger charge is 2.26. The third kappa shape index (κ3) is 4.51. The molecule has 0 aliphatic carbocycles. The number of carbonyl (C=O) groups is 1. The van der Waals surface area contributed by atoms with Gasteiger partial charge < -0.3 is 15.7 Å². The van der Waals surface area contributed by atoms with Gasteiger partial charge in [-0.25, -0.2) is 4.79 Å². The topological polar surface area (TPSA) is 61.4 Å². The minimum atomic E-state index is -1.12. The van der Waals surface area contributed by atoms with Gasteiger partial charge in [-0.3, -0.25) is 0 Å². The van der Waals surface area contributed by atoms with E-state index in [-0.39, 0.29) is 12.6 Å². The average Bonchev–Trinajstić information content (AvgIpc) is 3.05. The van der Waals surface area contributed by atoms with Gasteiger partial charge in [-0.05, 0) is 42.1 Å². The molecule has 0 saturated carbocycles. The van der Waals surface area contributed by atoms with Crippen molar-refractivity contribution in [2.24, 2.45) is 0 Å². The van der Waals surface area contributed by atoms with Crippen LogP contribution in [0.3, 0.4) is 0 Å². The second-order valence-electron chi connectivity index (χ2n) is 6.09. The fraction of sp³-hybridized carbons (Fsp3) is 0.211. The molecule has 0 aliphatic rings. The number of amides is 2. The first-order valence-corrected chi connectivity index (χ1v) is 9.11. The highest BCUT2D eigenvalue weighted by atomic mass is 35.5. The van der Waals surface area contributed by atoms with Crippen molar-refractivity contribution in [2.45, 2.75) is 19.1 Å². The van der Waals surface area contributed by atoms with Crippen molar-refractivity contribution in [3.05, 3.63) is 70.1 Å². The Balaban J connectivity index is 1.55. The Bertz CT molecular complexity index is 842. The van der Waals surface area contributed by atoms with Gasteiger partial charge in [0.15, 0.2) is 0 Å². The molecular weight excluding hydrogens is 356 g/mol. The minimum Gasteiger partial charge on any atom is -0.383 e. The van der Waals surface area contributed by atoms with E-state index in [2.05, 4.69) is 10.6 Å². The number of halogens is 1. The van der Waals surface area contributed by atoms with Crippen LogP contribution in [0.25, 0.3) is 10.1 Å². The van der Waals surface area contributed by atoms with E-state index in [9.17, 15) is 9.90 Å². The highest BCUT2D eigenvalue weighted by molar-refractivity contribution is 7.19. The van der Waals surface area contributed by atoms with E-state index in [0.717, 1.165) is 20.5 Å². The van der Waals surface area contributed by atoms with Crippen molar-refractivity contribution in [3.63, 3.8) is 0 Å². The number of thiophene rings is 1. The maximum absolute atomic E-state index is 12.0. The quantitative estimate of drug-likeness (QED) is 0.624. The van der Waals surface area contributed by atoms with Gasteiger partial charge >= 0.3 is 6.03 Å². The molecule has 4 nitrogen and oxygen atoms in total. The van der Waals surface area contributed by atoms with Gasteiger partial charge in [0.2, 0.25) is 0 Å². The van der Waals surface area contributed by atoms with Crippen LogP contribution in [0.15, 0.2) is 54.6 Å². The molecule has 1 atom stereocenters. The van der Waals surface area contributed by atoms with Crippen LogP contribution in [0.4, 0.5) is 4.79 Å². The van der Waals surface area contributed by atoms with Crippen LogP contribution in [-0.4, -0.2) is 17.7 Å². The summed E-state index contributed by atoms with van der Waals surface area (Å²) in [5, 5.41) is 18.0. The van der Waals surface area contributed by atoms with E-state index < -0.39 is 5.60 Å². The zero-order valence-electron chi connectivity index (χ0n) is 13.8. The fourth-order valence-electron chi connectivity index (χ4n) is 2.43. The molecule has 0 fully saturated rings. The first kappa shape index (κ1) is 17.7. The van der Waals surface area contributed by atoms with Gasteiger partial charge in [0, 0.05) is 21.1 Å². The SMILES string of the molecule is C[C@](O)(CNC(=O)NCc1ccc(Cl)cc1)c1cc2ccccc2s1. The summed E-state index contributed by atoms with van der Waals surface area (Å²) >= 11 is 7.37. The molecule has 25 heavy (non-hydrogen) atoms. The van der Waals surface area contributed by atoms with Crippen molar-refractivity contribution in [1.29, 1.82) is 0 Å². The Labute approximate surface area is 155 Å². The lowest BCUT2D eigenvalue weighted by Crippen LogP contribution is -2.42. The number of hydrogen-bond donors (Lipinski definition) is 3. The predicted octanol–water partition coefficient (Wildman–Crippen LogP) is 4.26. The molecule has 3 rings (SSSR count). The molecule has 0 saturated heterocycles. The Hall–Kier alpha value is -2.08. The number of hydrogen-bond acceptors (Lipinski definition) is 3. The van der Waals surface area contributed by atoms with Gasteiger partial charge in [-0.2, -0.15) is 0 Å². The van der Waals surface area contributed by atoms with E-state index in [1.807, 2.05) is 42.5 Å². The third-order valence-corrected chi connectivity index (χ3v) is 5.54. The maximum Gasteiger partial charge on any atom is 0.315 e. The molecule has 1 heterocycles. The lowest BCUT2D eigenvalue weighted by atomic mass is 10.0. The summed E-state index contributed by atoms with van der Waals surface area (Å²) in [5.74, 6) is 0. The molecule has 1 aromatic heterocycles. The zero-order valence-corrected chi connectivity index (χ0v) is 15.3. The molecule has 3 N–H and O–H groups in total. The summed E-state index contributed by atoms with van der Waals surface area (Å²) in [6.07, 6.45) is 0. The summed E-state index contributed by atoms with van der Waals surface area (Å²) in [7, 11) is 0. The highest BCUT2D eigenvalue weighted by Crippen LogP contribution is 2.32. The molecule has 2 aromatic carbocycles. The lowest BCUT2D eigenvalue weighted by Gasteiger charge is -2.22. The van der Waals surface area contributed by atoms with Gasteiger partial charge in [-0.1, -0.05) is 41.9 Å². The second-order valence-corrected chi connectivity index (χ2v) is 7.61. The van der Waals surface area contributed by atoms with Crippen LogP contribution >= 0.6 is 22.9 Å². The molecule has 3 aromatic rings. The zero-order chi connectivity index (χ0) is 17.9. The van der Waals surface area contributed by atoms with Gasteiger partial charge in [0.1, 0.15) is 5.60 Å². The summed E-state index contributed by atoms with van der Waals surface area (Å²) in [4.78, 5) is 12.8. The van der Waals surface area contributed by atoms with Crippen molar-refractivity contribution in [3.8, 4) is 0 Å². The van der Waals surface area contributed by atoms with Gasteiger partial charge in [0.25, 0.3) is 0 Å². The number of fused-ring (bicyclic) bond motifs is 1. The van der Waals surface area contributed by atoms with Crippen LogP contribution in [0.2, 0.25) is 5.02 Å². The average molecular weight is 375 g/mol. The van der Waals surface area contributed by atoms with E-state index in [1.54, 1.807) is 19.1 Å². The van der Waals surface area contributed by atoms with Gasteiger partial charge in [0.05, 0.1) is 6.54 Å². The molecule has 6 heteroatoms. The van der Waals surface area contributed by atoms with E-state index in [1.165, 1.54) is 11.3 Å². The maximum atomic E-state index is 12.0. The Morgan fingerprint density at radius 3 is 2.60 bits per heavy atom. The number of aliphatic hydroxyl groups is 1. The number of nitrogens with one attached hydrogen (secondary N) is 2. The summed E-state index contributed by atoms with van der Waals surface area (Å²) in [5.41, 5.74) is -0.169. The molecule has 130 valence electrons. The standard InChI is InChI=1S/C19H19ClN2O2S/c1-19(24,17-10-14-4-2-3-5-16(14)25-17)12-22-18(23)21-11-13-6-8-15(20)9-7-13/h2-10,24H,11-12H2,1H3,(H2,21,22,23)/t19-/m0/s1. The first-order chi connectivity index (χ1) is 11.9. The normalized spacial score (nSPS) is 13.4. The van der Waals surface area contributed by atoms with E-state index >= 15 is 0 Å². The van der Waals surface area contributed by atoms with Crippen LogP contribution in [0, 0.1) is 0 Å². The summed E-state index contributed by atoms with van der Waals surface area (Å²) in [6.45, 7) is 2.23. The number of benzene rings is 2. The van der Waals surface area contributed by atoms with Crippen molar-refractivity contribution in [2.75, 3.05) is 6.54 Å². The second kappa shape index (κ2) is 7.44. The molecule has 0 aliphatic heterocycles. The monoisotopic (exact) mass is 374 g/mol. The Kier molecular flexibility index (Phi) is 5.27. The van der Waals surface area contributed by atoms with E-state index in [4.69, 9.17) is 11.6 Å². The largest absolute Gasteiger partial charge is 0.383 e. The number of urea groups is 1. The Morgan fingerprint density at radius 1 is 1.16 bits per heavy atom. The molecule has 0 radical (unpaired) electrons. The molecule has 0 bridgehead atoms. The van der Waals surface area contributed by atoms with Crippen LogP contribution in [0.1, 0.15) is 17.4 Å². The summed E-state index contributed by atoms with van der Waals surface area (Å²) < 4.78 is 1.12. The molecule has 2 amide bonds. The number of carbonyl (C=O) groups excluding carboxylic acids is 1. The van der Waals surface area contributed by atoms with Crippen molar-refractivity contribution >= 4 is 39.1 Å². The van der Waals surface area contributed by atoms with Crippen LogP contribution in [0.5, 0.6) is 0 Å². The lowest BCUT2D eigenvalue weighted by molar-refractivity contribution is 0.0632. The predicted molar refractivity (Wildman–Crippen MR) is 103 cm³/mol. The van der Waals surface area contributed by atoms with Crippen LogP contribution in [-0.2, 0) is 12.1 Å². The van der Waals surface area contributed by atoms with Gasteiger partial charge in [-0.15, -0.1) is 11.3 Å². The summed E-state index contributed by atoms with van der Waals surface area (Å²) in [6, 6.07) is 16.9. The fourth-order valence-corrected chi connectivity index (χ4v) is 3.67. The smallest absolute Gasteiger partial charge is 0.315 e. The Morgan fingerprint density at radius 2 is 1.88 bits per heavy atom. The molecule has 0 spiro atoms. The van der Waals surface area contributed by atoms with Crippen LogP contribution < -0.4 is 10.6 Å². The van der Waals surface area contributed by atoms with E-state index in [0.29, 0.717) is 11.6 Å². The minimum absolute atomic E-state index is 0.131. The third-order valence-electron chi connectivity index (χ3n) is 3.92. The van der Waals surface area contributed by atoms with Crippen molar-refractivity contribution in [1.82, 2.24) is 10.6 Å².